The lowest BCUT2D eigenvalue weighted by molar-refractivity contribution is -0.116. The van der Waals surface area contributed by atoms with Gasteiger partial charge in [0.15, 0.2) is 0 Å². The Morgan fingerprint density at radius 3 is 2.70 bits per heavy atom. The largest absolute Gasteiger partial charge is 0.468 e. The Hall–Kier alpha value is -1.75. The van der Waals surface area contributed by atoms with Gasteiger partial charge in [-0.1, -0.05) is 29.3 Å². The number of rotatable bonds is 6. The minimum absolute atomic E-state index is 0.0210. The fraction of sp³-hybridized carbons (Fsp3) is 0.235. The molecular formula is C17H18Cl2N2O2. The van der Waals surface area contributed by atoms with Gasteiger partial charge in [-0.05, 0) is 50.0 Å². The lowest BCUT2D eigenvalue weighted by Gasteiger charge is -2.22. The van der Waals surface area contributed by atoms with Crippen LogP contribution in [0.2, 0.25) is 10.0 Å². The molecule has 0 bridgehead atoms. The molecule has 0 fully saturated rings. The number of halogens is 2. The summed E-state index contributed by atoms with van der Waals surface area (Å²) in [6.07, 6.45) is 4.78. The maximum Gasteiger partial charge on any atom is 0.244 e. The summed E-state index contributed by atoms with van der Waals surface area (Å²) in [5, 5.41) is 3.81. The molecule has 4 nitrogen and oxygen atoms in total. The van der Waals surface area contributed by atoms with Crippen molar-refractivity contribution in [3.8, 4) is 0 Å². The van der Waals surface area contributed by atoms with Crippen molar-refractivity contribution < 1.29 is 9.21 Å². The molecule has 1 heterocycles. The van der Waals surface area contributed by atoms with Crippen LogP contribution < -0.4 is 5.32 Å². The first-order valence-electron chi connectivity index (χ1n) is 7.08. The van der Waals surface area contributed by atoms with Gasteiger partial charge < -0.3 is 9.73 Å². The van der Waals surface area contributed by atoms with Crippen molar-refractivity contribution in [2.45, 2.75) is 6.04 Å². The van der Waals surface area contributed by atoms with Gasteiger partial charge in [0.25, 0.3) is 0 Å². The van der Waals surface area contributed by atoms with E-state index >= 15 is 0 Å². The van der Waals surface area contributed by atoms with Crippen molar-refractivity contribution in [2.75, 3.05) is 20.6 Å². The highest BCUT2D eigenvalue weighted by Crippen LogP contribution is 2.23. The molecule has 0 saturated carbocycles. The Morgan fingerprint density at radius 1 is 1.30 bits per heavy atom. The van der Waals surface area contributed by atoms with E-state index in [-0.39, 0.29) is 11.9 Å². The molecule has 0 aliphatic rings. The number of hydrogen-bond acceptors (Lipinski definition) is 3. The summed E-state index contributed by atoms with van der Waals surface area (Å²) in [5.41, 5.74) is 0.810. The molecule has 1 aromatic heterocycles. The average Bonchev–Trinajstić information content (AvgIpc) is 3.02. The smallest absolute Gasteiger partial charge is 0.244 e. The Balaban J connectivity index is 1.93. The van der Waals surface area contributed by atoms with Crippen LogP contribution in [0.1, 0.15) is 17.4 Å². The first-order valence-corrected chi connectivity index (χ1v) is 7.84. The highest BCUT2D eigenvalue weighted by molar-refractivity contribution is 6.42. The van der Waals surface area contributed by atoms with E-state index in [0.29, 0.717) is 16.6 Å². The van der Waals surface area contributed by atoms with Gasteiger partial charge in [-0.3, -0.25) is 9.69 Å². The predicted molar refractivity (Wildman–Crippen MR) is 93.6 cm³/mol. The molecule has 1 N–H and O–H groups in total. The number of nitrogens with one attached hydrogen (secondary N) is 1. The lowest BCUT2D eigenvalue weighted by Crippen LogP contribution is -2.33. The van der Waals surface area contributed by atoms with Crippen molar-refractivity contribution in [3.05, 3.63) is 64.0 Å². The molecule has 0 spiro atoms. The van der Waals surface area contributed by atoms with E-state index in [1.54, 1.807) is 30.5 Å². The molecule has 1 unspecified atom stereocenters. The van der Waals surface area contributed by atoms with Crippen LogP contribution >= 0.6 is 23.2 Å². The van der Waals surface area contributed by atoms with Crippen LogP contribution in [0, 0.1) is 0 Å². The molecule has 122 valence electrons. The number of benzene rings is 1. The van der Waals surface area contributed by atoms with Crippen molar-refractivity contribution in [3.63, 3.8) is 0 Å². The van der Waals surface area contributed by atoms with Crippen molar-refractivity contribution >= 4 is 35.2 Å². The number of carbonyl (C=O) groups is 1. The first kappa shape index (κ1) is 17.6. The fourth-order valence-electron chi connectivity index (χ4n) is 2.06. The van der Waals surface area contributed by atoms with Crippen LogP contribution in [0.5, 0.6) is 0 Å². The molecule has 1 atom stereocenters. The van der Waals surface area contributed by atoms with Gasteiger partial charge in [0.05, 0.1) is 22.4 Å². The van der Waals surface area contributed by atoms with Crippen LogP contribution in [-0.4, -0.2) is 31.4 Å². The topological polar surface area (TPSA) is 45.5 Å². The Morgan fingerprint density at radius 2 is 2.09 bits per heavy atom. The van der Waals surface area contributed by atoms with Gasteiger partial charge in [0.2, 0.25) is 5.91 Å². The van der Waals surface area contributed by atoms with Gasteiger partial charge in [0, 0.05) is 12.6 Å². The molecule has 1 amide bonds. The van der Waals surface area contributed by atoms with Crippen molar-refractivity contribution in [1.82, 2.24) is 10.2 Å². The summed E-state index contributed by atoms with van der Waals surface area (Å²) in [6.45, 7) is 0.449. The lowest BCUT2D eigenvalue weighted by atomic mass is 10.2. The second kappa shape index (κ2) is 8.20. The maximum atomic E-state index is 12.0. The van der Waals surface area contributed by atoms with Gasteiger partial charge in [0.1, 0.15) is 5.76 Å². The molecule has 0 radical (unpaired) electrons. The zero-order chi connectivity index (χ0) is 16.8. The van der Waals surface area contributed by atoms with Crippen LogP contribution in [0.25, 0.3) is 6.08 Å². The summed E-state index contributed by atoms with van der Waals surface area (Å²) in [6, 6.07) is 8.90. The molecule has 0 aliphatic heterocycles. The average molecular weight is 353 g/mol. The summed E-state index contributed by atoms with van der Waals surface area (Å²) in [4.78, 5) is 13.9. The van der Waals surface area contributed by atoms with E-state index in [2.05, 4.69) is 5.32 Å². The second-order valence-electron chi connectivity index (χ2n) is 5.25. The number of likely N-dealkylation sites (N-methyl/N-ethyl adjacent to an activating group) is 1. The highest BCUT2D eigenvalue weighted by Gasteiger charge is 2.17. The van der Waals surface area contributed by atoms with E-state index in [4.69, 9.17) is 27.6 Å². The molecule has 2 rings (SSSR count). The Kier molecular flexibility index (Phi) is 6.28. The minimum atomic E-state index is -0.186. The van der Waals surface area contributed by atoms with Crippen LogP contribution in [0.3, 0.4) is 0 Å². The summed E-state index contributed by atoms with van der Waals surface area (Å²) >= 11 is 11.8. The molecule has 23 heavy (non-hydrogen) atoms. The maximum absolute atomic E-state index is 12.0. The highest BCUT2D eigenvalue weighted by atomic mass is 35.5. The third-order valence-electron chi connectivity index (χ3n) is 3.34. The Bertz CT molecular complexity index is 682. The van der Waals surface area contributed by atoms with Crippen LogP contribution in [0.4, 0.5) is 0 Å². The number of amides is 1. The van der Waals surface area contributed by atoms with E-state index < -0.39 is 0 Å². The third kappa shape index (κ3) is 5.13. The van der Waals surface area contributed by atoms with Crippen molar-refractivity contribution in [1.29, 1.82) is 0 Å². The summed E-state index contributed by atoms with van der Waals surface area (Å²) in [5.74, 6) is 0.623. The predicted octanol–water partition coefficient (Wildman–Crippen LogP) is 4.02. The van der Waals surface area contributed by atoms with Crippen LogP contribution in [0.15, 0.2) is 47.1 Å². The summed E-state index contributed by atoms with van der Waals surface area (Å²) in [7, 11) is 3.87. The first-order chi connectivity index (χ1) is 11.0. The van der Waals surface area contributed by atoms with Gasteiger partial charge in [-0.2, -0.15) is 0 Å². The number of nitrogens with zero attached hydrogens (tertiary/aromatic N) is 1. The van der Waals surface area contributed by atoms with Crippen LogP contribution in [-0.2, 0) is 4.79 Å². The molecule has 2 aromatic rings. The quantitative estimate of drug-likeness (QED) is 0.798. The molecular weight excluding hydrogens is 335 g/mol. The van der Waals surface area contributed by atoms with Gasteiger partial charge in [-0.15, -0.1) is 0 Å². The monoisotopic (exact) mass is 352 g/mol. The number of carbonyl (C=O) groups excluding carboxylic acids is 1. The zero-order valence-corrected chi connectivity index (χ0v) is 14.4. The normalized spacial score (nSPS) is 12.7. The molecule has 6 heteroatoms. The van der Waals surface area contributed by atoms with Crippen molar-refractivity contribution in [2.24, 2.45) is 0 Å². The standard InChI is InChI=1S/C17H18Cl2N2O2/c1-21(2)15(16-4-3-9-23-16)11-20-17(22)8-6-12-5-7-13(18)14(19)10-12/h3-10,15H,11H2,1-2H3,(H,20,22)/b8-6+. The van der Waals surface area contributed by atoms with E-state index in [9.17, 15) is 4.79 Å². The molecule has 0 aliphatic carbocycles. The van der Waals surface area contributed by atoms with E-state index in [1.165, 1.54) is 6.08 Å². The van der Waals surface area contributed by atoms with Gasteiger partial charge in [-0.25, -0.2) is 0 Å². The molecule has 1 aromatic carbocycles. The molecule has 0 saturated heterocycles. The van der Waals surface area contributed by atoms with Gasteiger partial charge >= 0.3 is 0 Å². The SMILES string of the molecule is CN(C)C(CNC(=O)/C=C/c1ccc(Cl)c(Cl)c1)c1ccco1. The number of furan rings is 1. The van der Waals surface area contributed by atoms with E-state index in [0.717, 1.165) is 11.3 Å². The minimum Gasteiger partial charge on any atom is -0.468 e. The third-order valence-corrected chi connectivity index (χ3v) is 4.07. The summed E-state index contributed by atoms with van der Waals surface area (Å²) < 4.78 is 5.40. The Labute approximate surface area is 145 Å². The zero-order valence-electron chi connectivity index (χ0n) is 12.9. The number of hydrogen-bond donors (Lipinski definition) is 1. The van der Waals surface area contributed by atoms with E-state index in [1.807, 2.05) is 31.1 Å². The second-order valence-corrected chi connectivity index (χ2v) is 6.06. The fourth-order valence-corrected chi connectivity index (χ4v) is 2.37.